The van der Waals surface area contributed by atoms with Crippen LogP contribution in [0.25, 0.3) is 11.4 Å². The number of halogens is 1. The summed E-state index contributed by atoms with van der Waals surface area (Å²) >= 11 is 0. The highest BCUT2D eigenvalue weighted by Crippen LogP contribution is 2.31. The lowest BCUT2D eigenvalue weighted by Crippen LogP contribution is -2.42. The number of carbonyl (C=O) groups is 2. The molecule has 2 aliphatic rings. The summed E-state index contributed by atoms with van der Waals surface area (Å²) in [5, 5.41) is 4.03. The van der Waals surface area contributed by atoms with E-state index in [4.69, 9.17) is 4.52 Å². The Morgan fingerprint density at radius 2 is 1.76 bits per heavy atom. The Hall–Kier alpha value is -3.55. The maximum Gasteiger partial charge on any atom is 0.230 e. The monoisotopic (exact) mass is 448 g/mol. The fourth-order valence-electron chi connectivity index (χ4n) is 4.57. The lowest BCUT2D eigenvalue weighted by Gasteiger charge is -2.32. The highest BCUT2D eigenvalue weighted by atomic mass is 19.1. The van der Waals surface area contributed by atoms with Gasteiger partial charge in [0.15, 0.2) is 0 Å². The Balaban J connectivity index is 1.18. The molecule has 7 nitrogen and oxygen atoms in total. The van der Waals surface area contributed by atoms with Gasteiger partial charge in [-0.05, 0) is 56.2 Å². The molecule has 0 aliphatic carbocycles. The van der Waals surface area contributed by atoms with Crippen LogP contribution in [0.5, 0.6) is 0 Å². The Bertz CT molecular complexity index is 1150. The first-order valence-electron chi connectivity index (χ1n) is 11.2. The van der Waals surface area contributed by atoms with Gasteiger partial charge in [-0.25, -0.2) is 4.39 Å². The summed E-state index contributed by atoms with van der Waals surface area (Å²) in [6, 6.07) is 13.8. The first kappa shape index (κ1) is 21.3. The van der Waals surface area contributed by atoms with Crippen molar-refractivity contribution in [3.63, 3.8) is 0 Å². The van der Waals surface area contributed by atoms with Crippen LogP contribution in [-0.4, -0.2) is 46.5 Å². The molecule has 1 aromatic heterocycles. The third kappa shape index (κ3) is 4.37. The van der Waals surface area contributed by atoms with Crippen LogP contribution in [0.2, 0.25) is 0 Å². The summed E-state index contributed by atoms with van der Waals surface area (Å²) in [4.78, 5) is 33.7. The first-order valence-corrected chi connectivity index (χ1v) is 11.2. The maximum atomic E-state index is 13.1. The second-order valence-corrected chi connectivity index (χ2v) is 8.80. The molecule has 2 fully saturated rings. The molecule has 0 radical (unpaired) electrons. The smallest absolute Gasteiger partial charge is 0.230 e. The van der Waals surface area contributed by atoms with Gasteiger partial charge in [0.2, 0.25) is 23.5 Å². The SMILES string of the molecule is Cc1ccc(N2C[C@@H](C(=O)N3CCC(c4nc(-c5ccc(F)cc5)no4)CC3)CC2=O)cc1. The zero-order valence-corrected chi connectivity index (χ0v) is 18.4. The van der Waals surface area contributed by atoms with E-state index in [1.165, 1.54) is 12.1 Å². The molecule has 0 spiro atoms. The minimum absolute atomic E-state index is 0.00808. The van der Waals surface area contributed by atoms with E-state index < -0.39 is 0 Å². The average Bonchev–Trinajstić information content (AvgIpc) is 3.47. The van der Waals surface area contributed by atoms with Crippen molar-refractivity contribution in [1.29, 1.82) is 0 Å². The molecule has 0 bridgehead atoms. The minimum atomic E-state index is -0.316. The maximum absolute atomic E-state index is 13.1. The number of amides is 2. The topological polar surface area (TPSA) is 79.5 Å². The quantitative estimate of drug-likeness (QED) is 0.604. The van der Waals surface area contributed by atoms with Gasteiger partial charge >= 0.3 is 0 Å². The van der Waals surface area contributed by atoms with Gasteiger partial charge in [-0.2, -0.15) is 4.98 Å². The number of hydrogen-bond acceptors (Lipinski definition) is 5. The highest BCUT2D eigenvalue weighted by molar-refractivity contribution is 6.00. The molecule has 2 aromatic carbocycles. The molecule has 3 heterocycles. The molecule has 5 rings (SSSR count). The van der Waals surface area contributed by atoms with E-state index >= 15 is 0 Å². The fraction of sp³-hybridized carbons (Fsp3) is 0.360. The summed E-state index contributed by atoms with van der Waals surface area (Å²) in [6.45, 7) is 3.61. The minimum Gasteiger partial charge on any atom is -0.342 e. The van der Waals surface area contributed by atoms with E-state index in [-0.39, 0.29) is 35.9 Å². The van der Waals surface area contributed by atoms with Crippen LogP contribution in [0.3, 0.4) is 0 Å². The van der Waals surface area contributed by atoms with Gasteiger partial charge in [0, 0.05) is 43.2 Å². The number of likely N-dealkylation sites (tertiary alicyclic amines) is 1. The van der Waals surface area contributed by atoms with E-state index in [1.54, 1.807) is 17.0 Å². The molecule has 1 atom stereocenters. The van der Waals surface area contributed by atoms with Crippen LogP contribution >= 0.6 is 0 Å². The lowest BCUT2D eigenvalue weighted by molar-refractivity contribution is -0.136. The van der Waals surface area contributed by atoms with Crippen LogP contribution in [0.15, 0.2) is 53.1 Å². The van der Waals surface area contributed by atoms with Crippen molar-refractivity contribution in [3.05, 3.63) is 65.8 Å². The third-order valence-corrected chi connectivity index (χ3v) is 6.52. The van der Waals surface area contributed by atoms with Crippen molar-refractivity contribution in [2.24, 2.45) is 5.92 Å². The molecule has 33 heavy (non-hydrogen) atoms. The zero-order valence-electron chi connectivity index (χ0n) is 18.4. The van der Waals surface area contributed by atoms with Crippen molar-refractivity contribution in [3.8, 4) is 11.4 Å². The molecule has 0 saturated carbocycles. The Kier molecular flexibility index (Phi) is 5.66. The van der Waals surface area contributed by atoms with E-state index in [0.717, 1.165) is 24.1 Å². The predicted molar refractivity (Wildman–Crippen MR) is 120 cm³/mol. The van der Waals surface area contributed by atoms with Crippen LogP contribution in [-0.2, 0) is 9.59 Å². The van der Waals surface area contributed by atoms with E-state index in [1.807, 2.05) is 36.1 Å². The molecule has 2 aliphatic heterocycles. The number of nitrogens with zero attached hydrogens (tertiary/aromatic N) is 4. The predicted octanol–water partition coefficient (Wildman–Crippen LogP) is 3.94. The lowest BCUT2D eigenvalue weighted by atomic mass is 9.95. The van der Waals surface area contributed by atoms with Crippen LogP contribution < -0.4 is 4.90 Å². The summed E-state index contributed by atoms with van der Waals surface area (Å²) < 4.78 is 18.6. The highest BCUT2D eigenvalue weighted by Gasteiger charge is 2.38. The molecule has 0 N–H and O–H groups in total. The standard InChI is InChI=1S/C25H25FN4O3/c1-16-2-8-21(9-3-16)30-15-19(14-22(30)31)25(32)29-12-10-18(11-13-29)24-27-23(28-33-24)17-4-6-20(26)7-5-17/h2-9,18-19H,10-15H2,1H3/t19-/m0/s1. The van der Waals surface area contributed by atoms with Gasteiger partial charge in [-0.1, -0.05) is 22.9 Å². The van der Waals surface area contributed by atoms with E-state index in [9.17, 15) is 14.0 Å². The van der Waals surface area contributed by atoms with Crippen molar-refractivity contribution >= 4 is 17.5 Å². The number of benzene rings is 2. The van der Waals surface area contributed by atoms with Crippen LogP contribution in [0, 0.1) is 18.7 Å². The Morgan fingerprint density at radius 1 is 1.06 bits per heavy atom. The third-order valence-electron chi connectivity index (χ3n) is 6.52. The number of carbonyl (C=O) groups excluding carboxylic acids is 2. The second kappa shape index (κ2) is 8.77. The number of aryl methyl sites for hydroxylation is 1. The molecule has 8 heteroatoms. The van der Waals surface area contributed by atoms with E-state index in [0.29, 0.717) is 36.9 Å². The summed E-state index contributed by atoms with van der Waals surface area (Å²) in [6.07, 6.45) is 1.69. The number of rotatable bonds is 4. The molecule has 0 unspecified atom stereocenters. The summed E-state index contributed by atoms with van der Waals surface area (Å²) in [5.74, 6) is 0.451. The van der Waals surface area contributed by atoms with Gasteiger partial charge in [-0.3, -0.25) is 9.59 Å². The van der Waals surface area contributed by atoms with Gasteiger partial charge in [-0.15, -0.1) is 0 Å². The zero-order chi connectivity index (χ0) is 22.9. The Morgan fingerprint density at radius 3 is 2.45 bits per heavy atom. The number of piperidine rings is 1. The Labute approximate surface area is 191 Å². The van der Waals surface area contributed by atoms with Gasteiger partial charge < -0.3 is 14.3 Å². The van der Waals surface area contributed by atoms with Gasteiger partial charge in [0.05, 0.1) is 5.92 Å². The van der Waals surface area contributed by atoms with Crippen molar-refractivity contribution < 1.29 is 18.5 Å². The fourth-order valence-corrected chi connectivity index (χ4v) is 4.57. The van der Waals surface area contributed by atoms with Crippen LogP contribution in [0.4, 0.5) is 10.1 Å². The molecular weight excluding hydrogens is 423 g/mol. The van der Waals surface area contributed by atoms with Crippen LogP contribution in [0.1, 0.15) is 36.6 Å². The van der Waals surface area contributed by atoms with Crippen molar-refractivity contribution in [2.75, 3.05) is 24.5 Å². The summed E-state index contributed by atoms with van der Waals surface area (Å²) in [5.41, 5.74) is 2.67. The van der Waals surface area contributed by atoms with E-state index in [2.05, 4.69) is 10.1 Å². The first-order chi connectivity index (χ1) is 16.0. The van der Waals surface area contributed by atoms with Gasteiger partial charge in [0.1, 0.15) is 5.82 Å². The average molecular weight is 448 g/mol. The number of hydrogen-bond donors (Lipinski definition) is 0. The largest absolute Gasteiger partial charge is 0.342 e. The molecule has 3 aromatic rings. The molecular formula is C25H25FN4O3. The normalized spacial score (nSPS) is 19.3. The number of anilines is 1. The summed E-state index contributed by atoms with van der Waals surface area (Å²) in [7, 11) is 0. The number of aromatic nitrogens is 2. The van der Waals surface area contributed by atoms with Gasteiger partial charge in [0.25, 0.3) is 0 Å². The molecule has 2 amide bonds. The molecule has 2 saturated heterocycles. The second-order valence-electron chi connectivity index (χ2n) is 8.80. The molecule has 170 valence electrons. The van der Waals surface area contributed by atoms with Crippen molar-refractivity contribution in [2.45, 2.75) is 32.1 Å². The van der Waals surface area contributed by atoms with Crippen molar-refractivity contribution in [1.82, 2.24) is 15.0 Å².